The lowest BCUT2D eigenvalue weighted by atomic mass is 9.87. The molecule has 0 spiro atoms. The molecule has 2 N–H and O–H groups in total. The van der Waals surface area contributed by atoms with Crippen molar-refractivity contribution >= 4 is 5.91 Å². The molecule has 3 rings (SSSR count). The van der Waals surface area contributed by atoms with Crippen molar-refractivity contribution in [2.45, 2.75) is 38.5 Å². The quantitative estimate of drug-likeness (QED) is 0.914. The number of rotatable bonds is 5. The van der Waals surface area contributed by atoms with Gasteiger partial charge in [0.1, 0.15) is 17.3 Å². The zero-order valence-corrected chi connectivity index (χ0v) is 14.0. The maximum absolute atomic E-state index is 11.7. The fraction of sp³-hybridized carbons (Fsp3) is 0.421. The van der Waals surface area contributed by atoms with E-state index in [9.17, 15) is 4.79 Å². The highest BCUT2D eigenvalue weighted by Gasteiger charge is 2.17. The van der Waals surface area contributed by atoms with Crippen molar-refractivity contribution < 1.29 is 9.53 Å². The fourth-order valence-corrected chi connectivity index (χ4v) is 3.29. The molecular weight excluding hydrogens is 302 g/mol. The molecular formula is C19H23N3O2. The molecule has 1 aliphatic carbocycles. The van der Waals surface area contributed by atoms with E-state index in [2.05, 4.69) is 9.97 Å². The number of hydrogen-bond acceptors (Lipinski definition) is 4. The van der Waals surface area contributed by atoms with Crippen molar-refractivity contribution in [1.29, 1.82) is 0 Å². The molecule has 24 heavy (non-hydrogen) atoms. The van der Waals surface area contributed by atoms with Gasteiger partial charge in [0.05, 0.1) is 12.8 Å². The van der Waals surface area contributed by atoms with E-state index in [0.717, 1.165) is 17.7 Å². The van der Waals surface area contributed by atoms with E-state index in [1.807, 2.05) is 24.3 Å². The number of primary amides is 1. The number of nitrogens with two attached hydrogens (primary N) is 1. The zero-order chi connectivity index (χ0) is 16.9. The third-order valence-corrected chi connectivity index (χ3v) is 4.59. The second-order valence-corrected chi connectivity index (χ2v) is 6.36. The van der Waals surface area contributed by atoms with E-state index in [-0.39, 0.29) is 5.69 Å². The molecule has 0 atom stereocenters. The summed E-state index contributed by atoms with van der Waals surface area (Å²) in [6.45, 7) is 0. The highest BCUT2D eigenvalue weighted by Crippen LogP contribution is 2.27. The number of carbonyl (C=O) groups excluding carboxylic acids is 1. The Hall–Kier alpha value is -2.43. The summed E-state index contributed by atoms with van der Waals surface area (Å²) in [7, 11) is 1.63. The Labute approximate surface area is 142 Å². The summed E-state index contributed by atoms with van der Waals surface area (Å²) >= 11 is 0. The lowest BCUT2D eigenvalue weighted by Crippen LogP contribution is -2.17. The molecule has 0 unspecified atom stereocenters. The van der Waals surface area contributed by atoms with Gasteiger partial charge in [0, 0.05) is 12.0 Å². The van der Waals surface area contributed by atoms with Crippen LogP contribution in [0.2, 0.25) is 0 Å². The molecule has 0 saturated heterocycles. The second kappa shape index (κ2) is 7.43. The van der Waals surface area contributed by atoms with Gasteiger partial charge in [0.25, 0.3) is 5.91 Å². The van der Waals surface area contributed by atoms with Gasteiger partial charge >= 0.3 is 0 Å². The van der Waals surface area contributed by atoms with Gasteiger partial charge in [0.2, 0.25) is 0 Å². The summed E-state index contributed by atoms with van der Waals surface area (Å²) in [5.41, 5.74) is 7.34. The standard InChI is InChI=1S/C19H23N3O2/c1-24-15-9-5-8-14(11-15)16-12-17(19(20)23)22-18(21-16)10-13-6-3-2-4-7-13/h5,8-9,11-13H,2-4,6-7,10H2,1H3,(H2,20,23). The highest BCUT2D eigenvalue weighted by atomic mass is 16.5. The van der Waals surface area contributed by atoms with Crippen LogP contribution in [0.25, 0.3) is 11.3 Å². The number of methoxy groups -OCH3 is 1. The Morgan fingerprint density at radius 1 is 1.21 bits per heavy atom. The smallest absolute Gasteiger partial charge is 0.267 e. The number of carbonyl (C=O) groups is 1. The van der Waals surface area contributed by atoms with Crippen molar-refractivity contribution in [3.8, 4) is 17.0 Å². The van der Waals surface area contributed by atoms with Gasteiger partial charge in [0.15, 0.2) is 0 Å². The number of aromatic nitrogens is 2. The van der Waals surface area contributed by atoms with E-state index in [1.165, 1.54) is 32.1 Å². The first kappa shape index (κ1) is 16.4. The van der Waals surface area contributed by atoms with Gasteiger partial charge in [-0.3, -0.25) is 4.79 Å². The average Bonchev–Trinajstić information content (AvgIpc) is 2.62. The lowest BCUT2D eigenvalue weighted by Gasteiger charge is -2.21. The molecule has 1 aliphatic rings. The fourth-order valence-electron chi connectivity index (χ4n) is 3.29. The Balaban J connectivity index is 1.94. The summed E-state index contributed by atoms with van der Waals surface area (Å²) in [6, 6.07) is 9.28. The van der Waals surface area contributed by atoms with Crippen LogP contribution in [-0.2, 0) is 6.42 Å². The van der Waals surface area contributed by atoms with Crippen molar-refractivity contribution in [1.82, 2.24) is 9.97 Å². The molecule has 1 aromatic heterocycles. The van der Waals surface area contributed by atoms with E-state index >= 15 is 0 Å². The van der Waals surface area contributed by atoms with Crippen molar-refractivity contribution in [3.63, 3.8) is 0 Å². The number of benzene rings is 1. The van der Waals surface area contributed by atoms with Crippen LogP contribution in [0, 0.1) is 5.92 Å². The van der Waals surface area contributed by atoms with Crippen LogP contribution in [0.4, 0.5) is 0 Å². The third kappa shape index (κ3) is 3.91. The van der Waals surface area contributed by atoms with Crippen LogP contribution in [0.15, 0.2) is 30.3 Å². The topological polar surface area (TPSA) is 78.1 Å². The molecule has 1 fully saturated rings. The van der Waals surface area contributed by atoms with Crippen LogP contribution in [0.3, 0.4) is 0 Å². The highest BCUT2D eigenvalue weighted by molar-refractivity contribution is 5.91. The molecule has 1 aromatic carbocycles. The maximum atomic E-state index is 11.7. The predicted octanol–water partition coefficient (Wildman–Crippen LogP) is 3.37. The van der Waals surface area contributed by atoms with E-state index in [1.54, 1.807) is 13.2 Å². The minimum Gasteiger partial charge on any atom is -0.497 e. The van der Waals surface area contributed by atoms with Crippen molar-refractivity contribution in [2.75, 3.05) is 7.11 Å². The van der Waals surface area contributed by atoms with Gasteiger partial charge in [-0.1, -0.05) is 44.2 Å². The Morgan fingerprint density at radius 3 is 2.71 bits per heavy atom. The van der Waals surface area contributed by atoms with Gasteiger partial charge in [-0.2, -0.15) is 0 Å². The zero-order valence-electron chi connectivity index (χ0n) is 14.0. The second-order valence-electron chi connectivity index (χ2n) is 6.36. The largest absolute Gasteiger partial charge is 0.497 e. The van der Waals surface area contributed by atoms with Crippen LogP contribution in [0.1, 0.15) is 48.4 Å². The van der Waals surface area contributed by atoms with E-state index in [0.29, 0.717) is 17.4 Å². The molecule has 0 radical (unpaired) electrons. The number of nitrogens with zero attached hydrogens (tertiary/aromatic N) is 2. The predicted molar refractivity (Wildman–Crippen MR) is 92.8 cm³/mol. The molecule has 1 saturated carbocycles. The van der Waals surface area contributed by atoms with Crippen LogP contribution in [-0.4, -0.2) is 23.0 Å². The van der Waals surface area contributed by atoms with Crippen molar-refractivity contribution in [2.24, 2.45) is 11.7 Å². The van der Waals surface area contributed by atoms with E-state index < -0.39 is 5.91 Å². The molecule has 1 heterocycles. The maximum Gasteiger partial charge on any atom is 0.267 e. The van der Waals surface area contributed by atoms with Gasteiger partial charge in [-0.05, 0) is 24.1 Å². The summed E-state index contributed by atoms with van der Waals surface area (Å²) in [5.74, 6) is 1.53. The van der Waals surface area contributed by atoms with Crippen LogP contribution >= 0.6 is 0 Å². The van der Waals surface area contributed by atoms with Crippen LogP contribution < -0.4 is 10.5 Å². The Kier molecular flexibility index (Phi) is 5.08. The molecule has 1 amide bonds. The van der Waals surface area contributed by atoms with E-state index in [4.69, 9.17) is 10.5 Å². The Morgan fingerprint density at radius 2 is 2.00 bits per heavy atom. The third-order valence-electron chi connectivity index (χ3n) is 4.59. The average molecular weight is 325 g/mol. The summed E-state index contributed by atoms with van der Waals surface area (Å²) in [6.07, 6.45) is 7.06. The van der Waals surface area contributed by atoms with Gasteiger partial charge < -0.3 is 10.5 Å². The Bertz CT molecular complexity index is 724. The first-order chi connectivity index (χ1) is 11.7. The lowest BCUT2D eigenvalue weighted by molar-refractivity contribution is 0.0995. The summed E-state index contributed by atoms with van der Waals surface area (Å²) in [5, 5.41) is 0. The number of ether oxygens (including phenoxy) is 1. The molecule has 5 nitrogen and oxygen atoms in total. The minimum absolute atomic E-state index is 0.272. The monoisotopic (exact) mass is 325 g/mol. The molecule has 126 valence electrons. The first-order valence-electron chi connectivity index (χ1n) is 8.48. The molecule has 5 heteroatoms. The SMILES string of the molecule is COc1cccc(-c2cc(C(N)=O)nc(CC3CCCCC3)n2)c1. The molecule has 2 aromatic rings. The minimum atomic E-state index is -0.522. The van der Waals surface area contributed by atoms with Gasteiger partial charge in [-0.15, -0.1) is 0 Å². The van der Waals surface area contributed by atoms with Gasteiger partial charge in [-0.25, -0.2) is 9.97 Å². The number of amides is 1. The number of hydrogen-bond donors (Lipinski definition) is 1. The first-order valence-corrected chi connectivity index (χ1v) is 8.48. The van der Waals surface area contributed by atoms with Crippen molar-refractivity contribution in [3.05, 3.63) is 41.9 Å². The normalized spacial score (nSPS) is 15.2. The molecule has 0 bridgehead atoms. The summed E-state index contributed by atoms with van der Waals surface area (Å²) in [4.78, 5) is 20.7. The summed E-state index contributed by atoms with van der Waals surface area (Å²) < 4.78 is 5.27. The molecule has 0 aliphatic heterocycles. The van der Waals surface area contributed by atoms with Crippen LogP contribution in [0.5, 0.6) is 5.75 Å².